The molecular weight excluding hydrogens is 359 g/mol. The van der Waals surface area contributed by atoms with E-state index in [1.54, 1.807) is 18.2 Å². The molecule has 2 N–H and O–H groups in total. The topological polar surface area (TPSA) is 58.2 Å². The van der Waals surface area contributed by atoms with E-state index in [0.717, 1.165) is 5.56 Å². The van der Waals surface area contributed by atoms with Crippen molar-refractivity contribution in [3.63, 3.8) is 0 Å². The fourth-order valence-electron chi connectivity index (χ4n) is 2.74. The summed E-state index contributed by atoms with van der Waals surface area (Å²) in [5.41, 5.74) is 1.49. The van der Waals surface area contributed by atoms with Gasteiger partial charge in [0.05, 0.1) is 28.6 Å². The molecule has 6 heteroatoms. The van der Waals surface area contributed by atoms with Crippen LogP contribution in [0.1, 0.15) is 24.9 Å². The summed E-state index contributed by atoms with van der Waals surface area (Å²) < 4.78 is 0. The lowest BCUT2D eigenvalue weighted by Crippen LogP contribution is -2.29. The fourth-order valence-corrected chi connectivity index (χ4v) is 3.08. The van der Waals surface area contributed by atoms with Crippen molar-refractivity contribution in [1.82, 2.24) is 5.32 Å². The van der Waals surface area contributed by atoms with E-state index in [4.69, 9.17) is 23.2 Å². The molecule has 4 nitrogen and oxygen atoms in total. The Hall–Kier alpha value is -2.04. The molecular formula is C19H18Cl2N2O2. The molecule has 1 fully saturated rings. The minimum Gasteiger partial charge on any atom is -0.349 e. The van der Waals surface area contributed by atoms with E-state index in [1.807, 2.05) is 37.3 Å². The monoisotopic (exact) mass is 376 g/mol. The Morgan fingerprint density at radius 1 is 1.04 bits per heavy atom. The molecule has 130 valence electrons. The highest BCUT2D eigenvalue weighted by Gasteiger charge is 2.48. The van der Waals surface area contributed by atoms with Gasteiger partial charge in [0.25, 0.3) is 0 Å². The first-order valence-electron chi connectivity index (χ1n) is 8.07. The summed E-state index contributed by atoms with van der Waals surface area (Å²) in [5, 5.41) is 6.61. The highest BCUT2D eigenvalue weighted by atomic mass is 35.5. The number of halogens is 2. The van der Waals surface area contributed by atoms with Crippen molar-refractivity contribution in [3.05, 3.63) is 64.1 Å². The molecule has 0 spiro atoms. The van der Waals surface area contributed by atoms with Gasteiger partial charge in [0.2, 0.25) is 11.8 Å². The third-order valence-electron chi connectivity index (χ3n) is 4.31. The maximum atomic E-state index is 12.3. The third kappa shape index (κ3) is 4.33. The molecule has 2 aromatic carbocycles. The maximum Gasteiger partial charge on any atom is 0.228 e. The molecule has 0 aliphatic heterocycles. The molecule has 3 atom stereocenters. The molecule has 2 aromatic rings. The second-order valence-corrected chi connectivity index (χ2v) is 7.05. The van der Waals surface area contributed by atoms with Crippen LogP contribution in [0, 0.1) is 11.8 Å². The van der Waals surface area contributed by atoms with E-state index in [0.29, 0.717) is 22.2 Å². The van der Waals surface area contributed by atoms with Gasteiger partial charge in [0, 0.05) is 5.02 Å². The van der Waals surface area contributed by atoms with Crippen LogP contribution in [0.2, 0.25) is 10.0 Å². The van der Waals surface area contributed by atoms with Crippen LogP contribution >= 0.6 is 23.2 Å². The highest BCUT2D eigenvalue weighted by Crippen LogP contribution is 2.40. The SMILES string of the molecule is CC(NC(=O)C1CC1C(=O)Nc1cc(Cl)ccc1Cl)c1ccccc1. The molecule has 1 aliphatic rings. The van der Waals surface area contributed by atoms with Crippen molar-refractivity contribution >= 4 is 40.7 Å². The normalized spacial score (nSPS) is 19.8. The van der Waals surface area contributed by atoms with Crippen LogP contribution in [0.3, 0.4) is 0 Å². The number of hydrogen-bond acceptors (Lipinski definition) is 2. The molecule has 3 unspecified atom stereocenters. The van der Waals surface area contributed by atoms with Crippen molar-refractivity contribution < 1.29 is 9.59 Å². The minimum atomic E-state index is -0.335. The maximum absolute atomic E-state index is 12.3. The smallest absolute Gasteiger partial charge is 0.228 e. The Morgan fingerprint density at radius 3 is 2.44 bits per heavy atom. The van der Waals surface area contributed by atoms with Gasteiger partial charge in [-0.05, 0) is 37.1 Å². The molecule has 0 saturated heterocycles. The van der Waals surface area contributed by atoms with Crippen molar-refractivity contribution in [3.8, 4) is 0 Å². The third-order valence-corrected chi connectivity index (χ3v) is 4.87. The zero-order valence-corrected chi connectivity index (χ0v) is 15.1. The van der Waals surface area contributed by atoms with E-state index < -0.39 is 0 Å². The van der Waals surface area contributed by atoms with E-state index in [-0.39, 0.29) is 29.7 Å². The first-order chi connectivity index (χ1) is 12.0. The van der Waals surface area contributed by atoms with E-state index in [1.165, 1.54) is 0 Å². The van der Waals surface area contributed by atoms with Crippen LogP contribution in [0.5, 0.6) is 0 Å². The van der Waals surface area contributed by atoms with Crippen molar-refractivity contribution in [2.75, 3.05) is 5.32 Å². The number of anilines is 1. The summed E-state index contributed by atoms with van der Waals surface area (Å²) in [6.07, 6.45) is 0.539. The molecule has 0 bridgehead atoms. The zero-order valence-electron chi connectivity index (χ0n) is 13.6. The summed E-state index contributed by atoms with van der Waals surface area (Å²) in [6, 6.07) is 14.5. The van der Waals surface area contributed by atoms with Gasteiger partial charge in [-0.25, -0.2) is 0 Å². The summed E-state index contributed by atoms with van der Waals surface area (Å²) in [5.74, 6) is -0.951. The Morgan fingerprint density at radius 2 is 1.72 bits per heavy atom. The number of rotatable bonds is 5. The summed E-state index contributed by atoms with van der Waals surface area (Å²) >= 11 is 12.0. The standard InChI is InChI=1S/C19H18Cl2N2O2/c1-11(12-5-3-2-4-6-12)22-18(24)14-10-15(14)19(25)23-17-9-13(20)7-8-16(17)21/h2-9,11,14-15H,10H2,1H3,(H,22,24)(H,23,25). The van der Waals surface area contributed by atoms with Crippen LogP contribution in [0.25, 0.3) is 0 Å². The summed E-state index contributed by atoms with van der Waals surface area (Å²) in [4.78, 5) is 24.7. The number of nitrogens with one attached hydrogen (secondary N) is 2. The molecule has 3 rings (SSSR count). The predicted molar refractivity (Wildman–Crippen MR) is 99.7 cm³/mol. The van der Waals surface area contributed by atoms with Crippen LogP contribution in [-0.2, 0) is 9.59 Å². The first-order valence-corrected chi connectivity index (χ1v) is 8.82. The predicted octanol–water partition coefficient (Wildman–Crippen LogP) is 4.45. The Labute approximate surface area is 156 Å². The quantitative estimate of drug-likeness (QED) is 0.809. The lowest BCUT2D eigenvalue weighted by atomic mass is 10.1. The number of carbonyl (C=O) groups is 2. The van der Waals surface area contributed by atoms with Crippen LogP contribution in [0.15, 0.2) is 48.5 Å². The number of carbonyl (C=O) groups excluding carboxylic acids is 2. The molecule has 25 heavy (non-hydrogen) atoms. The molecule has 1 saturated carbocycles. The number of amides is 2. The average molecular weight is 377 g/mol. The molecule has 0 heterocycles. The number of hydrogen-bond donors (Lipinski definition) is 2. The van der Waals surface area contributed by atoms with Crippen molar-refractivity contribution in [2.45, 2.75) is 19.4 Å². The Kier molecular flexibility index (Phi) is 5.30. The minimum absolute atomic E-state index is 0.0969. The lowest BCUT2D eigenvalue weighted by Gasteiger charge is -2.14. The van der Waals surface area contributed by atoms with Crippen LogP contribution in [-0.4, -0.2) is 11.8 Å². The number of benzene rings is 2. The van der Waals surface area contributed by atoms with E-state index in [2.05, 4.69) is 10.6 Å². The second kappa shape index (κ2) is 7.46. The fraction of sp³-hybridized carbons (Fsp3) is 0.263. The largest absolute Gasteiger partial charge is 0.349 e. The second-order valence-electron chi connectivity index (χ2n) is 6.20. The van der Waals surface area contributed by atoms with E-state index >= 15 is 0 Å². The van der Waals surface area contributed by atoms with Gasteiger partial charge in [-0.3, -0.25) is 9.59 Å². The summed E-state index contributed by atoms with van der Waals surface area (Å²) in [7, 11) is 0. The first kappa shape index (κ1) is 17.8. The highest BCUT2D eigenvalue weighted by molar-refractivity contribution is 6.35. The van der Waals surface area contributed by atoms with Crippen molar-refractivity contribution in [1.29, 1.82) is 0 Å². The van der Waals surface area contributed by atoms with Crippen molar-refractivity contribution in [2.24, 2.45) is 11.8 Å². The van der Waals surface area contributed by atoms with Gasteiger partial charge < -0.3 is 10.6 Å². The molecule has 0 radical (unpaired) electrons. The van der Waals surface area contributed by atoms with Gasteiger partial charge in [0.15, 0.2) is 0 Å². The van der Waals surface area contributed by atoms with Gasteiger partial charge in [-0.1, -0.05) is 53.5 Å². The zero-order chi connectivity index (χ0) is 18.0. The van der Waals surface area contributed by atoms with E-state index in [9.17, 15) is 9.59 Å². The molecule has 1 aliphatic carbocycles. The van der Waals surface area contributed by atoms with Crippen LogP contribution in [0.4, 0.5) is 5.69 Å². The van der Waals surface area contributed by atoms with Gasteiger partial charge in [0.1, 0.15) is 0 Å². The van der Waals surface area contributed by atoms with Crippen LogP contribution < -0.4 is 10.6 Å². The van der Waals surface area contributed by atoms with Gasteiger partial charge in [-0.15, -0.1) is 0 Å². The lowest BCUT2D eigenvalue weighted by molar-refractivity contribution is -0.125. The Balaban J connectivity index is 1.55. The summed E-state index contributed by atoms with van der Waals surface area (Å²) in [6.45, 7) is 1.93. The molecule has 0 aromatic heterocycles. The van der Waals surface area contributed by atoms with Gasteiger partial charge in [-0.2, -0.15) is 0 Å². The average Bonchev–Trinajstić information content (AvgIpc) is 3.40. The van der Waals surface area contributed by atoms with Gasteiger partial charge >= 0.3 is 0 Å². The Bertz CT molecular complexity index is 795. The molecule has 2 amide bonds.